The number of fused-ring (bicyclic) bond motifs is 1. The zero-order chi connectivity index (χ0) is 16.2. The number of ether oxygens (including phenoxy) is 1. The minimum atomic E-state index is -0.921. The van der Waals surface area contributed by atoms with Gasteiger partial charge in [0.15, 0.2) is 0 Å². The molecule has 1 aromatic heterocycles. The van der Waals surface area contributed by atoms with E-state index in [1.54, 1.807) is 0 Å². The van der Waals surface area contributed by atoms with Gasteiger partial charge in [0.25, 0.3) is 0 Å². The molecule has 7 heteroatoms. The van der Waals surface area contributed by atoms with E-state index >= 15 is 0 Å². The SMILES string of the molecule is Cc1ccc([C@H]2c3sc(=O)[nH]c3SC[C@]23CC(=O)OC3=O)cc1. The number of aromatic nitrogens is 1. The lowest BCUT2D eigenvalue weighted by Gasteiger charge is -2.36. The van der Waals surface area contributed by atoms with Crippen molar-refractivity contribution < 1.29 is 14.3 Å². The third-order valence-corrected chi connectivity index (χ3v) is 6.76. The van der Waals surface area contributed by atoms with Crippen molar-refractivity contribution in [1.82, 2.24) is 4.98 Å². The standard InChI is InChI=1S/C16H13NO4S2/c1-8-2-4-9(5-3-8)11-12-13(17-15(20)23-12)22-7-16(11)6-10(18)21-14(16)19/h2-5,11H,6-7H2,1H3,(H,17,20)/t11-,16+/m0/s1. The van der Waals surface area contributed by atoms with E-state index in [1.807, 2.05) is 31.2 Å². The first-order chi connectivity index (χ1) is 11.0. The molecule has 1 aromatic carbocycles. The molecule has 0 saturated carbocycles. The second-order valence-corrected chi connectivity index (χ2v) is 7.94. The average Bonchev–Trinajstić information content (AvgIpc) is 3.00. The highest BCUT2D eigenvalue weighted by Gasteiger charge is 2.58. The predicted molar refractivity (Wildman–Crippen MR) is 86.8 cm³/mol. The van der Waals surface area contributed by atoms with Gasteiger partial charge in [-0.25, -0.2) is 0 Å². The van der Waals surface area contributed by atoms with E-state index < -0.39 is 17.4 Å². The highest BCUT2D eigenvalue weighted by Crippen LogP contribution is 2.56. The number of aromatic amines is 1. The normalized spacial score (nSPS) is 26.4. The molecule has 2 aliphatic rings. The number of thioether (sulfide) groups is 1. The summed E-state index contributed by atoms with van der Waals surface area (Å²) >= 11 is 2.53. The highest BCUT2D eigenvalue weighted by atomic mass is 32.2. The summed E-state index contributed by atoms with van der Waals surface area (Å²) in [6.45, 7) is 1.99. The third-order valence-electron chi connectivity index (χ3n) is 4.41. The number of carbonyl (C=O) groups excluding carboxylic acids is 2. The van der Waals surface area contributed by atoms with Gasteiger partial charge in [0, 0.05) is 16.5 Å². The Labute approximate surface area is 140 Å². The number of benzene rings is 1. The quantitative estimate of drug-likeness (QED) is 0.633. The molecular weight excluding hydrogens is 334 g/mol. The lowest BCUT2D eigenvalue weighted by molar-refractivity contribution is -0.155. The maximum atomic E-state index is 12.5. The molecule has 5 nitrogen and oxygen atoms in total. The second kappa shape index (κ2) is 5.07. The average molecular weight is 347 g/mol. The van der Waals surface area contributed by atoms with Crippen LogP contribution in [0.5, 0.6) is 0 Å². The first-order valence-electron chi connectivity index (χ1n) is 7.17. The predicted octanol–water partition coefficient (Wildman–Crippen LogP) is 2.44. The molecule has 1 spiro atoms. The minimum absolute atomic E-state index is 0.0584. The summed E-state index contributed by atoms with van der Waals surface area (Å²) in [5.41, 5.74) is 1.12. The first-order valence-corrected chi connectivity index (χ1v) is 8.97. The van der Waals surface area contributed by atoms with Crippen LogP contribution in [0.1, 0.15) is 28.3 Å². The van der Waals surface area contributed by atoms with Crippen molar-refractivity contribution in [2.24, 2.45) is 5.41 Å². The summed E-state index contributed by atoms with van der Waals surface area (Å²) < 4.78 is 4.88. The number of cyclic esters (lactones) is 2. The van der Waals surface area contributed by atoms with Crippen LogP contribution in [0.25, 0.3) is 0 Å². The molecule has 118 valence electrons. The van der Waals surface area contributed by atoms with Crippen molar-refractivity contribution in [3.8, 4) is 0 Å². The van der Waals surface area contributed by atoms with Crippen LogP contribution in [0.4, 0.5) is 0 Å². The number of thiazole rings is 1. The van der Waals surface area contributed by atoms with E-state index in [4.69, 9.17) is 4.74 Å². The van der Waals surface area contributed by atoms with Crippen molar-refractivity contribution in [2.75, 3.05) is 5.75 Å². The van der Waals surface area contributed by atoms with Crippen LogP contribution in [0, 0.1) is 12.3 Å². The van der Waals surface area contributed by atoms with Crippen LogP contribution in [-0.4, -0.2) is 22.7 Å². The van der Waals surface area contributed by atoms with Gasteiger partial charge >= 0.3 is 16.8 Å². The van der Waals surface area contributed by atoms with Crippen LogP contribution in [0.3, 0.4) is 0 Å². The maximum absolute atomic E-state index is 12.5. The fourth-order valence-corrected chi connectivity index (χ4v) is 5.84. The maximum Gasteiger partial charge on any atom is 0.322 e. The summed E-state index contributed by atoms with van der Waals surface area (Å²) in [6.07, 6.45) is 0.0584. The van der Waals surface area contributed by atoms with Gasteiger partial charge in [-0.05, 0) is 12.5 Å². The van der Waals surface area contributed by atoms with Gasteiger partial charge in [-0.3, -0.25) is 14.4 Å². The van der Waals surface area contributed by atoms with Gasteiger partial charge in [0.1, 0.15) is 5.41 Å². The number of hydrogen-bond donors (Lipinski definition) is 1. The highest BCUT2D eigenvalue weighted by molar-refractivity contribution is 7.99. The van der Waals surface area contributed by atoms with E-state index in [1.165, 1.54) is 11.8 Å². The van der Waals surface area contributed by atoms with Gasteiger partial charge < -0.3 is 9.72 Å². The van der Waals surface area contributed by atoms with Gasteiger partial charge in [-0.2, -0.15) is 0 Å². The molecule has 3 heterocycles. The lowest BCUT2D eigenvalue weighted by atomic mass is 9.71. The van der Waals surface area contributed by atoms with Crippen LogP contribution < -0.4 is 4.87 Å². The zero-order valence-corrected chi connectivity index (χ0v) is 13.9. The minimum Gasteiger partial charge on any atom is -0.393 e. The fourth-order valence-electron chi connectivity index (χ4n) is 3.29. The smallest absolute Gasteiger partial charge is 0.322 e. The van der Waals surface area contributed by atoms with E-state index in [9.17, 15) is 14.4 Å². The number of esters is 2. The Kier molecular flexibility index (Phi) is 3.24. The summed E-state index contributed by atoms with van der Waals surface area (Å²) in [7, 11) is 0. The van der Waals surface area contributed by atoms with E-state index in [-0.39, 0.29) is 17.2 Å². The number of nitrogens with one attached hydrogen (secondary N) is 1. The molecule has 1 fully saturated rings. The topological polar surface area (TPSA) is 76.2 Å². The molecule has 2 aliphatic heterocycles. The first kappa shape index (κ1) is 14.7. The molecule has 0 radical (unpaired) electrons. The monoisotopic (exact) mass is 347 g/mol. The number of aryl methyl sites for hydroxylation is 1. The zero-order valence-electron chi connectivity index (χ0n) is 12.3. The van der Waals surface area contributed by atoms with Crippen LogP contribution in [-0.2, 0) is 14.3 Å². The fraction of sp³-hybridized carbons (Fsp3) is 0.312. The van der Waals surface area contributed by atoms with Gasteiger partial charge in [0.05, 0.1) is 11.4 Å². The molecule has 1 saturated heterocycles. The Morgan fingerprint density at radius 3 is 2.61 bits per heavy atom. The Hall–Kier alpha value is -1.86. The van der Waals surface area contributed by atoms with E-state index in [0.717, 1.165) is 32.4 Å². The molecule has 2 atom stereocenters. The number of rotatable bonds is 1. The van der Waals surface area contributed by atoms with Crippen molar-refractivity contribution in [1.29, 1.82) is 0 Å². The molecule has 0 amide bonds. The van der Waals surface area contributed by atoms with Crippen LogP contribution in [0.15, 0.2) is 34.1 Å². The summed E-state index contributed by atoms with van der Waals surface area (Å²) in [5, 5.41) is 0.795. The molecule has 1 N–H and O–H groups in total. The summed E-state index contributed by atoms with van der Waals surface area (Å²) in [5.74, 6) is -0.871. The number of hydrogen-bond acceptors (Lipinski definition) is 6. The Morgan fingerprint density at radius 1 is 1.22 bits per heavy atom. The van der Waals surface area contributed by atoms with Gasteiger partial charge in [-0.15, -0.1) is 11.8 Å². The third kappa shape index (κ3) is 2.18. The number of carbonyl (C=O) groups is 2. The molecular formula is C16H13NO4S2. The lowest BCUT2D eigenvalue weighted by Crippen LogP contribution is -2.39. The summed E-state index contributed by atoms with van der Waals surface area (Å²) in [4.78, 5) is 39.6. The van der Waals surface area contributed by atoms with E-state index in [2.05, 4.69) is 4.98 Å². The molecule has 0 bridgehead atoms. The number of H-pyrrole nitrogens is 1. The van der Waals surface area contributed by atoms with Crippen LogP contribution >= 0.6 is 23.1 Å². The van der Waals surface area contributed by atoms with Crippen molar-refractivity contribution >= 4 is 35.0 Å². The Morgan fingerprint density at radius 2 is 1.96 bits per heavy atom. The van der Waals surface area contributed by atoms with Gasteiger partial charge in [-0.1, -0.05) is 41.2 Å². The summed E-state index contributed by atoms with van der Waals surface area (Å²) in [6, 6.07) is 7.87. The molecule has 4 rings (SSSR count). The Bertz CT molecular complexity index is 867. The van der Waals surface area contributed by atoms with Gasteiger partial charge in [0.2, 0.25) is 0 Å². The Balaban J connectivity index is 1.94. The van der Waals surface area contributed by atoms with Crippen LogP contribution in [0.2, 0.25) is 0 Å². The van der Waals surface area contributed by atoms with Crippen molar-refractivity contribution in [3.05, 3.63) is 49.9 Å². The van der Waals surface area contributed by atoms with Crippen molar-refractivity contribution in [3.63, 3.8) is 0 Å². The molecule has 23 heavy (non-hydrogen) atoms. The molecule has 0 aliphatic carbocycles. The largest absolute Gasteiger partial charge is 0.393 e. The molecule has 2 aromatic rings. The van der Waals surface area contributed by atoms with E-state index in [0.29, 0.717) is 5.75 Å². The second-order valence-electron chi connectivity index (χ2n) is 5.93. The van der Waals surface area contributed by atoms with Crippen molar-refractivity contribution in [2.45, 2.75) is 24.3 Å². The molecule has 0 unspecified atom stereocenters.